The third-order valence-electron chi connectivity index (χ3n) is 4.07. The van der Waals surface area contributed by atoms with E-state index in [2.05, 4.69) is 10.2 Å². The van der Waals surface area contributed by atoms with E-state index in [9.17, 15) is 13.2 Å². The summed E-state index contributed by atoms with van der Waals surface area (Å²) in [6, 6.07) is 13.3. The van der Waals surface area contributed by atoms with Gasteiger partial charge < -0.3 is 15.0 Å². The lowest BCUT2D eigenvalue weighted by molar-refractivity contribution is 0.102. The fourth-order valence-corrected chi connectivity index (χ4v) is 4.25. The van der Waals surface area contributed by atoms with Gasteiger partial charge in [-0.1, -0.05) is 19.1 Å². The summed E-state index contributed by atoms with van der Waals surface area (Å²) < 4.78 is 30.5. The first-order valence-corrected chi connectivity index (χ1v) is 11.0. The Bertz CT molecular complexity index is 878. The van der Waals surface area contributed by atoms with Crippen molar-refractivity contribution in [2.45, 2.75) is 24.7 Å². The predicted octanol–water partition coefficient (Wildman–Crippen LogP) is 3.45. The van der Waals surface area contributed by atoms with Crippen LogP contribution >= 0.6 is 0 Å². The van der Waals surface area contributed by atoms with E-state index in [0.717, 1.165) is 18.7 Å². The molecule has 0 saturated carbocycles. The molecule has 7 heteroatoms. The number of sulfone groups is 1. The number of rotatable bonds is 10. The molecule has 1 N–H and O–H groups in total. The molecular weight excluding hydrogens is 376 g/mol. The molecule has 0 aliphatic rings. The fraction of sp³-hybridized carbons (Fsp3) is 0.381. The van der Waals surface area contributed by atoms with Crippen molar-refractivity contribution in [2.75, 3.05) is 38.3 Å². The van der Waals surface area contributed by atoms with Crippen molar-refractivity contribution in [3.63, 3.8) is 0 Å². The van der Waals surface area contributed by atoms with Gasteiger partial charge in [0.25, 0.3) is 5.91 Å². The van der Waals surface area contributed by atoms with Crippen molar-refractivity contribution in [3.8, 4) is 5.75 Å². The average Bonchev–Trinajstić information content (AvgIpc) is 2.66. The van der Waals surface area contributed by atoms with Gasteiger partial charge in [-0.25, -0.2) is 8.42 Å². The van der Waals surface area contributed by atoms with Crippen molar-refractivity contribution < 1.29 is 17.9 Å². The molecule has 6 nitrogen and oxygen atoms in total. The molecule has 0 aliphatic heterocycles. The van der Waals surface area contributed by atoms with Crippen molar-refractivity contribution in [1.82, 2.24) is 4.90 Å². The second-order valence-corrected chi connectivity index (χ2v) is 8.88. The maximum atomic E-state index is 12.6. The van der Waals surface area contributed by atoms with E-state index in [1.165, 1.54) is 12.1 Å². The van der Waals surface area contributed by atoms with Gasteiger partial charge in [0.2, 0.25) is 0 Å². The third kappa shape index (κ3) is 6.35. The molecule has 0 heterocycles. The average molecular weight is 405 g/mol. The Morgan fingerprint density at radius 3 is 2.39 bits per heavy atom. The standard InChI is InChI=1S/C21H28N2O4S/c1-4-16-28(25,26)20-9-6-5-8-19(20)21(24)22-17-10-12-18(13-11-17)27-15-7-14-23(2)3/h5-6,8-13H,4,7,14-16H2,1-3H3,(H,22,24). The molecule has 0 aliphatic carbocycles. The zero-order valence-corrected chi connectivity index (χ0v) is 17.5. The Morgan fingerprint density at radius 2 is 1.75 bits per heavy atom. The molecule has 152 valence electrons. The normalized spacial score (nSPS) is 11.4. The van der Waals surface area contributed by atoms with Gasteiger partial charge in [-0.15, -0.1) is 0 Å². The predicted molar refractivity (Wildman–Crippen MR) is 112 cm³/mol. The zero-order valence-electron chi connectivity index (χ0n) is 16.6. The van der Waals surface area contributed by atoms with E-state index < -0.39 is 15.7 Å². The number of ether oxygens (including phenoxy) is 1. The molecule has 0 fully saturated rings. The van der Waals surface area contributed by atoms with E-state index in [0.29, 0.717) is 18.7 Å². The molecule has 0 atom stereocenters. The maximum absolute atomic E-state index is 12.6. The summed E-state index contributed by atoms with van der Waals surface area (Å²) >= 11 is 0. The Kier molecular flexibility index (Phi) is 8.02. The summed E-state index contributed by atoms with van der Waals surface area (Å²) in [4.78, 5) is 14.8. The molecular formula is C21H28N2O4S. The van der Waals surface area contributed by atoms with Crippen LogP contribution in [0, 0.1) is 0 Å². The first kappa shape index (κ1) is 21.9. The topological polar surface area (TPSA) is 75.7 Å². The minimum Gasteiger partial charge on any atom is -0.494 e. The first-order chi connectivity index (χ1) is 13.3. The van der Waals surface area contributed by atoms with E-state index in [-0.39, 0.29) is 16.2 Å². The van der Waals surface area contributed by atoms with Crippen molar-refractivity contribution in [3.05, 3.63) is 54.1 Å². The van der Waals surface area contributed by atoms with Gasteiger partial charge in [0.1, 0.15) is 5.75 Å². The zero-order chi connectivity index (χ0) is 20.6. The number of nitrogens with zero attached hydrogens (tertiary/aromatic N) is 1. The van der Waals surface area contributed by atoms with Gasteiger partial charge in [-0.3, -0.25) is 4.79 Å². The number of amides is 1. The number of hydrogen-bond acceptors (Lipinski definition) is 5. The van der Waals surface area contributed by atoms with Crippen molar-refractivity contribution in [2.24, 2.45) is 0 Å². The third-order valence-corrected chi connectivity index (χ3v) is 6.04. The van der Waals surface area contributed by atoms with Gasteiger partial charge in [0.05, 0.1) is 22.8 Å². The number of benzene rings is 2. The summed E-state index contributed by atoms with van der Waals surface area (Å²) in [6.45, 7) is 3.37. The second-order valence-electron chi connectivity index (χ2n) is 6.80. The molecule has 1 amide bonds. The molecule has 0 radical (unpaired) electrons. The van der Waals surface area contributed by atoms with Gasteiger partial charge in [0, 0.05) is 12.2 Å². The van der Waals surface area contributed by atoms with E-state index >= 15 is 0 Å². The maximum Gasteiger partial charge on any atom is 0.256 e. The SMILES string of the molecule is CCCS(=O)(=O)c1ccccc1C(=O)Nc1ccc(OCCCN(C)C)cc1. The number of nitrogens with one attached hydrogen (secondary N) is 1. The fourth-order valence-electron chi connectivity index (χ4n) is 2.71. The summed E-state index contributed by atoms with van der Waals surface area (Å²) in [6.07, 6.45) is 1.42. The Balaban J connectivity index is 2.04. The lowest BCUT2D eigenvalue weighted by Crippen LogP contribution is -2.17. The summed E-state index contributed by atoms with van der Waals surface area (Å²) in [5.74, 6) is 0.287. The minimum atomic E-state index is -3.49. The molecule has 0 aromatic heterocycles. The quantitative estimate of drug-likeness (QED) is 0.614. The molecule has 0 bridgehead atoms. The highest BCUT2D eigenvalue weighted by Gasteiger charge is 2.21. The van der Waals surface area contributed by atoms with Crippen LogP contribution < -0.4 is 10.1 Å². The van der Waals surface area contributed by atoms with Crippen molar-refractivity contribution in [1.29, 1.82) is 0 Å². The second kappa shape index (κ2) is 10.2. The summed E-state index contributed by atoms with van der Waals surface area (Å²) in [5, 5.41) is 2.76. The molecule has 0 saturated heterocycles. The van der Waals surface area contributed by atoms with Crippen LogP contribution in [0.4, 0.5) is 5.69 Å². The van der Waals surface area contributed by atoms with Crippen LogP contribution in [0.1, 0.15) is 30.1 Å². The molecule has 2 aromatic rings. The first-order valence-electron chi connectivity index (χ1n) is 9.34. The molecule has 28 heavy (non-hydrogen) atoms. The Hall–Kier alpha value is -2.38. The smallest absolute Gasteiger partial charge is 0.256 e. The van der Waals surface area contributed by atoms with Crippen LogP contribution in [0.25, 0.3) is 0 Å². The number of carbonyl (C=O) groups excluding carboxylic acids is 1. The number of carbonyl (C=O) groups is 1. The highest BCUT2D eigenvalue weighted by molar-refractivity contribution is 7.91. The van der Waals surface area contributed by atoms with Crippen LogP contribution in [0.2, 0.25) is 0 Å². The van der Waals surface area contributed by atoms with Gasteiger partial charge in [-0.05, 0) is 63.3 Å². The Morgan fingerprint density at radius 1 is 1.07 bits per heavy atom. The van der Waals surface area contributed by atoms with Crippen LogP contribution in [0.3, 0.4) is 0 Å². The van der Waals surface area contributed by atoms with E-state index in [1.54, 1.807) is 43.3 Å². The van der Waals surface area contributed by atoms with E-state index in [1.807, 2.05) is 14.1 Å². The van der Waals surface area contributed by atoms with Crippen LogP contribution in [-0.2, 0) is 9.84 Å². The van der Waals surface area contributed by atoms with Crippen LogP contribution in [0.15, 0.2) is 53.4 Å². The number of hydrogen-bond donors (Lipinski definition) is 1. The van der Waals surface area contributed by atoms with Gasteiger partial charge in [-0.2, -0.15) is 0 Å². The monoisotopic (exact) mass is 404 g/mol. The van der Waals surface area contributed by atoms with E-state index in [4.69, 9.17) is 4.74 Å². The Labute approximate surface area is 167 Å². The largest absolute Gasteiger partial charge is 0.494 e. The van der Waals surface area contributed by atoms with Gasteiger partial charge in [0.15, 0.2) is 9.84 Å². The molecule has 0 spiro atoms. The van der Waals surface area contributed by atoms with Gasteiger partial charge >= 0.3 is 0 Å². The van der Waals surface area contributed by atoms with Crippen LogP contribution in [-0.4, -0.2) is 52.2 Å². The molecule has 2 rings (SSSR count). The molecule has 0 unspecified atom stereocenters. The highest BCUT2D eigenvalue weighted by atomic mass is 32.2. The van der Waals surface area contributed by atoms with Crippen molar-refractivity contribution >= 4 is 21.4 Å². The summed E-state index contributed by atoms with van der Waals surface area (Å²) in [7, 11) is 0.546. The highest BCUT2D eigenvalue weighted by Crippen LogP contribution is 2.21. The lowest BCUT2D eigenvalue weighted by Gasteiger charge is -2.12. The summed E-state index contributed by atoms with van der Waals surface area (Å²) in [5.41, 5.74) is 0.730. The molecule has 2 aromatic carbocycles. The van der Waals surface area contributed by atoms with Crippen LogP contribution in [0.5, 0.6) is 5.75 Å². The number of anilines is 1. The minimum absolute atomic E-state index is 0.0111. The lowest BCUT2D eigenvalue weighted by atomic mass is 10.2.